The zero-order chi connectivity index (χ0) is 24.2. The van der Waals surface area contributed by atoms with Crippen LogP contribution in [0, 0.1) is 23.7 Å². The Bertz CT molecular complexity index is 1350. The van der Waals surface area contributed by atoms with Gasteiger partial charge in [0.1, 0.15) is 17.0 Å². The average Bonchev–Trinajstić information content (AvgIpc) is 3.26. The van der Waals surface area contributed by atoms with Crippen LogP contribution in [0.2, 0.25) is 0 Å². The van der Waals surface area contributed by atoms with Crippen molar-refractivity contribution < 1.29 is 19.4 Å². The normalized spacial score (nSPS) is 15.1. The molecule has 1 unspecified atom stereocenters. The molecular formula is C25H25N5O4. The number of aromatic hydroxyl groups is 1. The Morgan fingerprint density at radius 3 is 2.59 bits per heavy atom. The van der Waals surface area contributed by atoms with Gasteiger partial charge in [-0.25, -0.2) is 0 Å². The summed E-state index contributed by atoms with van der Waals surface area (Å²) in [7, 11) is 3.15. The predicted molar refractivity (Wildman–Crippen MR) is 127 cm³/mol. The van der Waals surface area contributed by atoms with E-state index in [2.05, 4.69) is 33.9 Å². The molecule has 1 fully saturated rings. The van der Waals surface area contributed by atoms with Crippen molar-refractivity contribution in [2.75, 3.05) is 33.0 Å². The molecular weight excluding hydrogens is 434 g/mol. The van der Waals surface area contributed by atoms with Crippen molar-refractivity contribution in [1.29, 1.82) is 0 Å². The highest BCUT2D eigenvalue weighted by molar-refractivity contribution is 5.97. The molecule has 1 saturated heterocycles. The number of hydrogen-bond acceptors (Lipinski definition) is 7. The standard InChI is InChI=1S/C25H25N5O4/c1-4-6-21(31)29-10-5-7-18(15-29)30-14-17(22-23(30)25(32)28-27-24(22)26)9-8-16-11-19(33-2)13-20(12-16)34-3/h11-14,18H,5,7,10,15H2,1-3H3,(H2,26,27)(H,28,32). The van der Waals surface area contributed by atoms with Gasteiger partial charge in [-0.15, -0.1) is 10.2 Å². The Morgan fingerprint density at radius 1 is 1.18 bits per heavy atom. The molecule has 3 heterocycles. The molecule has 1 amide bonds. The SMILES string of the molecule is CC#CC(=O)N1CCCC(n2cc(C#Cc3cc(OC)cc(OC)c3)c3c(N)nnc(O)c32)C1. The second-order valence-electron chi connectivity index (χ2n) is 7.86. The average molecular weight is 460 g/mol. The van der Waals surface area contributed by atoms with Crippen LogP contribution in [-0.4, -0.2) is 58.0 Å². The van der Waals surface area contributed by atoms with Crippen LogP contribution < -0.4 is 15.2 Å². The fraction of sp³-hybridized carbons (Fsp3) is 0.320. The van der Waals surface area contributed by atoms with E-state index in [4.69, 9.17) is 15.2 Å². The number of aromatic nitrogens is 3. The molecule has 0 bridgehead atoms. The molecule has 1 aliphatic rings. The minimum atomic E-state index is -0.239. The van der Waals surface area contributed by atoms with Gasteiger partial charge in [0.15, 0.2) is 5.82 Å². The lowest BCUT2D eigenvalue weighted by Crippen LogP contribution is -2.40. The lowest BCUT2D eigenvalue weighted by Gasteiger charge is -2.32. The van der Waals surface area contributed by atoms with Crippen molar-refractivity contribution in [3.8, 4) is 41.1 Å². The fourth-order valence-electron chi connectivity index (χ4n) is 4.16. The highest BCUT2D eigenvalue weighted by Crippen LogP contribution is 2.35. The van der Waals surface area contributed by atoms with E-state index in [1.54, 1.807) is 44.2 Å². The first-order valence-electron chi connectivity index (χ1n) is 10.8. The maximum Gasteiger partial charge on any atom is 0.298 e. The lowest BCUT2D eigenvalue weighted by molar-refractivity contribution is -0.126. The first-order chi connectivity index (χ1) is 16.4. The third-order valence-corrected chi connectivity index (χ3v) is 5.75. The van der Waals surface area contributed by atoms with Crippen LogP contribution in [0.5, 0.6) is 17.4 Å². The van der Waals surface area contributed by atoms with Crippen LogP contribution in [0.15, 0.2) is 24.4 Å². The smallest absolute Gasteiger partial charge is 0.298 e. The molecule has 2 aromatic heterocycles. The molecule has 1 atom stereocenters. The molecule has 3 N–H and O–H groups in total. The number of methoxy groups -OCH3 is 2. The number of carbonyl (C=O) groups excluding carboxylic acids is 1. The number of likely N-dealkylation sites (tertiary alicyclic amines) is 1. The third kappa shape index (κ3) is 4.41. The highest BCUT2D eigenvalue weighted by atomic mass is 16.5. The Hall–Kier alpha value is -4.37. The molecule has 4 rings (SSSR count). The van der Waals surface area contributed by atoms with Crippen molar-refractivity contribution >= 4 is 22.6 Å². The van der Waals surface area contributed by atoms with E-state index >= 15 is 0 Å². The van der Waals surface area contributed by atoms with Gasteiger partial charge in [0.05, 0.1) is 31.2 Å². The van der Waals surface area contributed by atoms with Crippen LogP contribution in [0.3, 0.4) is 0 Å². The number of nitrogens with zero attached hydrogens (tertiary/aromatic N) is 4. The van der Waals surface area contributed by atoms with Crippen LogP contribution >= 0.6 is 0 Å². The summed E-state index contributed by atoms with van der Waals surface area (Å²) in [5.74, 6) is 12.5. The van der Waals surface area contributed by atoms with Gasteiger partial charge in [0.2, 0.25) is 0 Å². The molecule has 9 nitrogen and oxygen atoms in total. The monoisotopic (exact) mass is 459 g/mol. The van der Waals surface area contributed by atoms with Crippen molar-refractivity contribution in [1.82, 2.24) is 19.7 Å². The molecule has 1 aromatic carbocycles. The summed E-state index contributed by atoms with van der Waals surface area (Å²) < 4.78 is 12.5. The van der Waals surface area contributed by atoms with Gasteiger partial charge in [-0.3, -0.25) is 4.79 Å². The Labute approximate surface area is 197 Å². The number of amides is 1. The van der Waals surface area contributed by atoms with E-state index in [0.717, 1.165) is 12.8 Å². The summed E-state index contributed by atoms with van der Waals surface area (Å²) in [6, 6.07) is 5.27. The third-order valence-electron chi connectivity index (χ3n) is 5.75. The first-order valence-corrected chi connectivity index (χ1v) is 10.8. The van der Waals surface area contributed by atoms with Crippen LogP contribution in [-0.2, 0) is 4.79 Å². The van der Waals surface area contributed by atoms with Crippen molar-refractivity contribution in [2.24, 2.45) is 0 Å². The molecule has 9 heteroatoms. The van der Waals surface area contributed by atoms with Gasteiger partial charge >= 0.3 is 0 Å². The van der Waals surface area contributed by atoms with Gasteiger partial charge in [0, 0.05) is 30.9 Å². The molecule has 0 saturated carbocycles. The van der Waals surface area contributed by atoms with E-state index in [-0.39, 0.29) is 23.6 Å². The molecule has 3 aromatic rings. The van der Waals surface area contributed by atoms with Gasteiger partial charge in [0.25, 0.3) is 11.8 Å². The second-order valence-corrected chi connectivity index (χ2v) is 7.86. The molecule has 174 valence electrons. The van der Waals surface area contributed by atoms with Crippen molar-refractivity contribution in [3.05, 3.63) is 35.5 Å². The topological polar surface area (TPSA) is 116 Å². The minimum Gasteiger partial charge on any atom is -0.497 e. The van der Waals surface area contributed by atoms with Crippen LogP contribution in [0.1, 0.15) is 36.9 Å². The summed E-state index contributed by atoms with van der Waals surface area (Å²) in [6.07, 6.45) is 3.45. The molecule has 0 radical (unpaired) electrons. The summed E-state index contributed by atoms with van der Waals surface area (Å²) in [5.41, 5.74) is 7.88. The summed E-state index contributed by atoms with van der Waals surface area (Å²) in [5, 5.41) is 18.8. The number of piperidine rings is 1. The number of rotatable bonds is 3. The Kier molecular flexibility index (Phi) is 6.46. The number of carbonyl (C=O) groups is 1. The van der Waals surface area contributed by atoms with E-state index in [1.165, 1.54) is 0 Å². The molecule has 0 aliphatic carbocycles. The van der Waals surface area contributed by atoms with Gasteiger partial charge < -0.3 is 29.8 Å². The summed E-state index contributed by atoms with van der Waals surface area (Å²) in [6.45, 7) is 2.74. The van der Waals surface area contributed by atoms with Gasteiger partial charge in [-0.2, -0.15) is 0 Å². The summed E-state index contributed by atoms with van der Waals surface area (Å²) in [4.78, 5) is 14.1. The maximum absolute atomic E-state index is 12.3. The van der Waals surface area contributed by atoms with E-state index in [9.17, 15) is 9.90 Å². The summed E-state index contributed by atoms with van der Waals surface area (Å²) >= 11 is 0. The number of hydrogen-bond donors (Lipinski definition) is 2. The fourth-order valence-corrected chi connectivity index (χ4v) is 4.16. The van der Waals surface area contributed by atoms with E-state index < -0.39 is 0 Å². The second kappa shape index (κ2) is 9.63. The quantitative estimate of drug-likeness (QED) is 0.578. The van der Waals surface area contributed by atoms with Gasteiger partial charge in [-0.05, 0) is 37.8 Å². The van der Waals surface area contributed by atoms with Crippen molar-refractivity contribution in [2.45, 2.75) is 25.8 Å². The molecule has 34 heavy (non-hydrogen) atoms. The molecule has 1 aliphatic heterocycles. The largest absolute Gasteiger partial charge is 0.497 e. The number of anilines is 1. The van der Waals surface area contributed by atoms with Gasteiger partial charge in [-0.1, -0.05) is 17.8 Å². The predicted octanol–water partition coefficient (Wildman–Crippen LogP) is 2.32. The van der Waals surface area contributed by atoms with E-state index in [0.29, 0.717) is 46.6 Å². The lowest BCUT2D eigenvalue weighted by atomic mass is 10.1. The van der Waals surface area contributed by atoms with Crippen LogP contribution in [0.25, 0.3) is 10.9 Å². The Balaban J connectivity index is 1.79. The van der Waals surface area contributed by atoms with Crippen molar-refractivity contribution in [3.63, 3.8) is 0 Å². The molecule has 0 spiro atoms. The zero-order valence-corrected chi connectivity index (χ0v) is 19.3. The zero-order valence-electron chi connectivity index (χ0n) is 19.3. The maximum atomic E-state index is 12.3. The number of fused-ring (bicyclic) bond motifs is 1. The first kappa shape index (κ1) is 22.8. The minimum absolute atomic E-state index is 0.0965. The van der Waals surface area contributed by atoms with E-state index in [1.807, 2.05) is 10.8 Å². The van der Waals surface area contributed by atoms with Crippen LogP contribution in [0.4, 0.5) is 5.82 Å². The highest BCUT2D eigenvalue weighted by Gasteiger charge is 2.27. The number of nitrogen functional groups attached to an aromatic ring is 1. The number of nitrogens with two attached hydrogens (primary N) is 1. The number of ether oxygens (including phenoxy) is 2. The number of benzene rings is 1. The Morgan fingerprint density at radius 2 is 1.91 bits per heavy atom.